The molecule has 2 aromatic carbocycles. The molecule has 0 saturated carbocycles. The van der Waals surface area contributed by atoms with Gasteiger partial charge in [0.1, 0.15) is 0 Å². The van der Waals surface area contributed by atoms with E-state index in [-0.39, 0.29) is 12.0 Å². The Kier molecular flexibility index (Phi) is 4.33. The molecule has 106 valence electrons. The van der Waals surface area contributed by atoms with Crippen LogP contribution >= 0.6 is 23.2 Å². The Hall–Kier alpha value is -1.16. The van der Waals surface area contributed by atoms with E-state index in [1.165, 1.54) is 25.1 Å². The minimum absolute atomic E-state index is 0.0450. The van der Waals surface area contributed by atoms with Crippen molar-refractivity contribution >= 4 is 23.2 Å². The molecule has 5 heteroatoms. The summed E-state index contributed by atoms with van der Waals surface area (Å²) >= 11 is 11.8. The minimum atomic E-state index is -1.58. The highest BCUT2D eigenvalue weighted by Crippen LogP contribution is 2.31. The maximum absolute atomic E-state index is 13.8. The Balaban J connectivity index is 2.38. The molecule has 0 amide bonds. The van der Waals surface area contributed by atoms with Crippen molar-refractivity contribution in [2.24, 2.45) is 0 Å². The summed E-state index contributed by atoms with van der Waals surface area (Å²) in [7, 11) is 0. The van der Waals surface area contributed by atoms with E-state index in [4.69, 9.17) is 23.2 Å². The Bertz CT molecular complexity index is 642. The Morgan fingerprint density at radius 2 is 1.85 bits per heavy atom. The fourth-order valence-corrected chi connectivity index (χ4v) is 2.53. The number of halogens is 4. The van der Waals surface area contributed by atoms with Crippen LogP contribution in [0.4, 0.5) is 8.78 Å². The Labute approximate surface area is 125 Å². The predicted molar refractivity (Wildman–Crippen MR) is 76.1 cm³/mol. The van der Waals surface area contributed by atoms with Gasteiger partial charge in [0.2, 0.25) is 0 Å². The normalized spacial score (nSPS) is 14.1. The molecule has 1 nitrogen and oxygen atoms in total. The molecule has 1 atom stereocenters. The van der Waals surface area contributed by atoms with E-state index in [2.05, 4.69) is 0 Å². The van der Waals surface area contributed by atoms with Crippen molar-refractivity contribution in [1.82, 2.24) is 0 Å². The third-order valence-corrected chi connectivity index (χ3v) is 3.67. The number of aliphatic hydroxyl groups is 1. The van der Waals surface area contributed by atoms with Gasteiger partial charge in [-0.1, -0.05) is 41.4 Å². The van der Waals surface area contributed by atoms with Crippen LogP contribution in [0.15, 0.2) is 36.4 Å². The summed E-state index contributed by atoms with van der Waals surface area (Å²) in [5.41, 5.74) is -1.09. The lowest BCUT2D eigenvalue weighted by Gasteiger charge is -2.25. The first kappa shape index (κ1) is 15.2. The summed E-state index contributed by atoms with van der Waals surface area (Å²) in [6.07, 6.45) is 0.0450. The van der Waals surface area contributed by atoms with Crippen LogP contribution in [-0.2, 0) is 12.0 Å². The quantitative estimate of drug-likeness (QED) is 0.868. The summed E-state index contributed by atoms with van der Waals surface area (Å²) in [6.45, 7) is 1.41. The van der Waals surface area contributed by atoms with Gasteiger partial charge in [0.15, 0.2) is 11.6 Å². The van der Waals surface area contributed by atoms with Crippen LogP contribution < -0.4 is 0 Å². The molecule has 0 aliphatic carbocycles. The smallest absolute Gasteiger partial charge is 0.164 e. The van der Waals surface area contributed by atoms with E-state index in [0.29, 0.717) is 15.6 Å². The van der Waals surface area contributed by atoms with Gasteiger partial charge in [0.05, 0.1) is 5.60 Å². The van der Waals surface area contributed by atoms with Crippen molar-refractivity contribution in [3.05, 3.63) is 69.2 Å². The zero-order valence-electron chi connectivity index (χ0n) is 10.6. The summed E-state index contributed by atoms with van der Waals surface area (Å²) < 4.78 is 27.0. The number of hydrogen-bond donors (Lipinski definition) is 1. The van der Waals surface area contributed by atoms with Crippen LogP contribution in [0.25, 0.3) is 0 Å². The fraction of sp³-hybridized carbons (Fsp3) is 0.200. The van der Waals surface area contributed by atoms with E-state index in [0.717, 1.165) is 6.07 Å². The average Bonchev–Trinajstić information content (AvgIpc) is 2.36. The molecule has 0 saturated heterocycles. The summed E-state index contributed by atoms with van der Waals surface area (Å²) in [6, 6.07) is 8.52. The molecule has 0 aliphatic rings. The first-order valence-electron chi connectivity index (χ1n) is 5.92. The molecule has 2 aromatic rings. The summed E-state index contributed by atoms with van der Waals surface area (Å²) in [5.74, 6) is -2.05. The van der Waals surface area contributed by atoms with Gasteiger partial charge in [0.25, 0.3) is 0 Å². The van der Waals surface area contributed by atoms with Gasteiger partial charge >= 0.3 is 0 Å². The highest BCUT2D eigenvalue weighted by Gasteiger charge is 2.29. The summed E-state index contributed by atoms with van der Waals surface area (Å²) in [5, 5.41) is 11.3. The van der Waals surface area contributed by atoms with Gasteiger partial charge in [-0.3, -0.25) is 0 Å². The lowest BCUT2D eigenvalue weighted by molar-refractivity contribution is 0.0530. The van der Waals surface area contributed by atoms with Crippen molar-refractivity contribution in [3.8, 4) is 0 Å². The van der Waals surface area contributed by atoms with Crippen LogP contribution in [0.3, 0.4) is 0 Å². The lowest BCUT2D eigenvalue weighted by Crippen LogP contribution is -2.26. The van der Waals surface area contributed by atoms with Crippen molar-refractivity contribution in [2.45, 2.75) is 18.9 Å². The second-order valence-electron chi connectivity index (χ2n) is 4.79. The van der Waals surface area contributed by atoms with Gasteiger partial charge < -0.3 is 5.11 Å². The maximum Gasteiger partial charge on any atom is 0.164 e. The molecule has 0 aliphatic heterocycles. The molecule has 0 aromatic heterocycles. The Morgan fingerprint density at radius 3 is 2.50 bits per heavy atom. The SMILES string of the molecule is CC(O)(Cc1ccc(Cl)cc1Cl)c1cccc(F)c1F. The van der Waals surface area contributed by atoms with E-state index in [9.17, 15) is 13.9 Å². The van der Waals surface area contributed by atoms with Crippen LogP contribution in [0.1, 0.15) is 18.1 Å². The first-order valence-corrected chi connectivity index (χ1v) is 6.67. The van der Waals surface area contributed by atoms with E-state index in [1.807, 2.05) is 0 Å². The molecule has 2 rings (SSSR count). The highest BCUT2D eigenvalue weighted by atomic mass is 35.5. The molecule has 20 heavy (non-hydrogen) atoms. The van der Waals surface area contributed by atoms with Crippen LogP contribution in [0.5, 0.6) is 0 Å². The average molecular weight is 317 g/mol. The van der Waals surface area contributed by atoms with Crippen molar-refractivity contribution in [3.63, 3.8) is 0 Å². The van der Waals surface area contributed by atoms with Gasteiger partial charge in [-0.2, -0.15) is 0 Å². The standard InChI is InChI=1S/C15H12Cl2F2O/c1-15(20,11-3-2-4-13(18)14(11)19)8-9-5-6-10(16)7-12(9)17/h2-7,20H,8H2,1H3. The van der Waals surface area contributed by atoms with Gasteiger partial charge in [-0.25, -0.2) is 8.78 Å². The second-order valence-corrected chi connectivity index (χ2v) is 5.63. The molecule has 0 spiro atoms. The lowest BCUT2D eigenvalue weighted by atomic mass is 9.88. The number of rotatable bonds is 3. The van der Waals surface area contributed by atoms with Crippen molar-refractivity contribution < 1.29 is 13.9 Å². The molecule has 0 radical (unpaired) electrons. The third-order valence-electron chi connectivity index (χ3n) is 3.08. The first-order chi connectivity index (χ1) is 9.31. The van der Waals surface area contributed by atoms with E-state index >= 15 is 0 Å². The van der Waals surface area contributed by atoms with E-state index in [1.54, 1.807) is 12.1 Å². The van der Waals surface area contributed by atoms with Crippen molar-refractivity contribution in [1.29, 1.82) is 0 Å². The van der Waals surface area contributed by atoms with Gasteiger partial charge in [-0.15, -0.1) is 0 Å². The third kappa shape index (κ3) is 3.11. The van der Waals surface area contributed by atoms with Crippen LogP contribution in [-0.4, -0.2) is 5.11 Å². The van der Waals surface area contributed by atoms with E-state index < -0.39 is 17.2 Å². The fourth-order valence-electron chi connectivity index (χ4n) is 2.05. The molecule has 1 unspecified atom stereocenters. The minimum Gasteiger partial charge on any atom is -0.385 e. The summed E-state index contributed by atoms with van der Waals surface area (Å²) in [4.78, 5) is 0. The molecule has 1 N–H and O–H groups in total. The largest absolute Gasteiger partial charge is 0.385 e. The number of benzene rings is 2. The Morgan fingerprint density at radius 1 is 1.15 bits per heavy atom. The molecular weight excluding hydrogens is 305 g/mol. The highest BCUT2D eigenvalue weighted by molar-refractivity contribution is 6.35. The molecule has 0 fully saturated rings. The van der Waals surface area contributed by atoms with Crippen molar-refractivity contribution in [2.75, 3.05) is 0 Å². The zero-order valence-corrected chi connectivity index (χ0v) is 12.1. The molecule has 0 bridgehead atoms. The van der Waals surface area contributed by atoms with Gasteiger partial charge in [0, 0.05) is 22.0 Å². The topological polar surface area (TPSA) is 20.2 Å². The second kappa shape index (κ2) is 5.68. The zero-order chi connectivity index (χ0) is 14.9. The van der Waals surface area contributed by atoms with Gasteiger partial charge in [-0.05, 0) is 30.7 Å². The predicted octanol–water partition coefficient (Wildman–Crippen LogP) is 4.72. The maximum atomic E-state index is 13.8. The molecular formula is C15H12Cl2F2O. The molecule has 0 heterocycles. The number of hydrogen-bond acceptors (Lipinski definition) is 1. The van der Waals surface area contributed by atoms with Crippen LogP contribution in [0.2, 0.25) is 10.0 Å². The van der Waals surface area contributed by atoms with Crippen LogP contribution in [0, 0.1) is 11.6 Å². The monoisotopic (exact) mass is 316 g/mol.